The molecule has 0 atom stereocenters. The highest BCUT2D eigenvalue weighted by Gasteiger charge is 2.09. The first kappa shape index (κ1) is 14.4. The summed E-state index contributed by atoms with van der Waals surface area (Å²) >= 11 is 0. The molecular weight excluding hydrogens is 256 g/mol. The molecule has 1 aromatic rings. The van der Waals surface area contributed by atoms with E-state index in [0.717, 1.165) is 0 Å². The first-order chi connectivity index (χ1) is 8.37. The highest BCUT2D eigenvalue weighted by Crippen LogP contribution is 2.34. The number of anilines is 2. The lowest BCUT2D eigenvalue weighted by Gasteiger charge is -2.13. The molecule has 0 aliphatic heterocycles. The number of nitrogen functional groups attached to an aromatic ring is 1. The Labute approximate surface area is 107 Å². The molecule has 0 aliphatic carbocycles. The molecule has 0 heterocycles. The smallest absolute Gasteiger partial charge is 0.162 e. The number of nitrogens with two attached hydrogens (primary N) is 1. The van der Waals surface area contributed by atoms with Gasteiger partial charge in [0.15, 0.2) is 11.5 Å². The summed E-state index contributed by atoms with van der Waals surface area (Å²) in [6.07, 6.45) is 1.19. The molecule has 3 N–H and O–H groups in total. The molecule has 0 fully saturated rings. The summed E-state index contributed by atoms with van der Waals surface area (Å²) in [5.41, 5.74) is 6.92. The fraction of sp³-hybridized carbons (Fsp3) is 0.455. The Hall–Kier alpha value is -1.63. The Kier molecular flexibility index (Phi) is 4.66. The topological polar surface area (TPSA) is 90.6 Å². The fourth-order valence-corrected chi connectivity index (χ4v) is 1.89. The molecule has 0 spiro atoms. The third-order valence-electron chi connectivity index (χ3n) is 2.34. The van der Waals surface area contributed by atoms with Crippen molar-refractivity contribution in [2.45, 2.75) is 0 Å². The Morgan fingerprint density at radius 2 is 1.78 bits per heavy atom. The highest BCUT2D eigenvalue weighted by molar-refractivity contribution is 7.90. The van der Waals surface area contributed by atoms with E-state index in [1.165, 1.54) is 20.5 Å². The number of rotatable bonds is 6. The lowest BCUT2D eigenvalue weighted by molar-refractivity contribution is 0.355. The second-order valence-electron chi connectivity index (χ2n) is 3.85. The fourth-order valence-electron chi connectivity index (χ4n) is 1.42. The minimum Gasteiger partial charge on any atom is -0.493 e. The number of benzene rings is 1. The van der Waals surface area contributed by atoms with Crippen molar-refractivity contribution < 1.29 is 17.9 Å². The first-order valence-corrected chi connectivity index (χ1v) is 7.36. The van der Waals surface area contributed by atoms with Crippen LogP contribution in [0.1, 0.15) is 0 Å². The monoisotopic (exact) mass is 274 g/mol. The van der Waals surface area contributed by atoms with Crippen LogP contribution in [0.25, 0.3) is 0 Å². The van der Waals surface area contributed by atoms with Crippen LogP contribution >= 0.6 is 0 Å². The van der Waals surface area contributed by atoms with Crippen molar-refractivity contribution in [2.75, 3.05) is 43.8 Å². The van der Waals surface area contributed by atoms with Gasteiger partial charge in [0.25, 0.3) is 0 Å². The number of methoxy groups -OCH3 is 2. The van der Waals surface area contributed by atoms with Gasteiger partial charge in [-0.3, -0.25) is 0 Å². The Balaban J connectivity index is 2.83. The minimum atomic E-state index is -2.99. The normalized spacial score (nSPS) is 11.1. The van der Waals surface area contributed by atoms with Crippen LogP contribution < -0.4 is 20.5 Å². The van der Waals surface area contributed by atoms with Crippen molar-refractivity contribution in [1.29, 1.82) is 0 Å². The summed E-state index contributed by atoms with van der Waals surface area (Å²) in [7, 11) is 0.0491. The maximum absolute atomic E-state index is 11.0. The number of hydrogen-bond acceptors (Lipinski definition) is 6. The van der Waals surface area contributed by atoms with Gasteiger partial charge in [-0.25, -0.2) is 8.42 Å². The maximum Gasteiger partial charge on any atom is 0.162 e. The SMILES string of the molecule is COc1cc(N)c(NCCS(C)(=O)=O)cc1OC. The van der Waals surface area contributed by atoms with E-state index in [0.29, 0.717) is 29.4 Å². The predicted molar refractivity (Wildman–Crippen MR) is 72.2 cm³/mol. The third kappa shape index (κ3) is 3.99. The van der Waals surface area contributed by atoms with Crippen molar-refractivity contribution in [2.24, 2.45) is 0 Å². The van der Waals surface area contributed by atoms with Gasteiger partial charge in [0.1, 0.15) is 9.84 Å². The molecule has 1 aromatic carbocycles. The summed E-state index contributed by atoms with van der Waals surface area (Å²) in [5.74, 6) is 1.11. The van der Waals surface area contributed by atoms with E-state index in [1.807, 2.05) is 0 Å². The van der Waals surface area contributed by atoms with Crippen LogP contribution in [0.2, 0.25) is 0 Å². The zero-order valence-corrected chi connectivity index (χ0v) is 11.5. The van der Waals surface area contributed by atoms with Gasteiger partial charge in [-0.1, -0.05) is 0 Å². The summed E-state index contributed by atoms with van der Waals surface area (Å²) < 4.78 is 32.3. The van der Waals surface area contributed by atoms with E-state index in [4.69, 9.17) is 15.2 Å². The average molecular weight is 274 g/mol. The number of sulfone groups is 1. The maximum atomic E-state index is 11.0. The molecule has 7 heteroatoms. The number of nitrogens with one attached hydrogen (secondary N) is 1. The summed E-state index contributed by atoms with van der Waals surface area (Å²) in [5, 5.41) is 2.96. The number of hydrogen-bond donors (Lipinski definition) is 2. The highest BCUT2D eigenvalue weighted by atomic mass is 32.2. The standard InChI is InChI=1S/C11H18N2O4S/c1-16-10-6-8(12)9(7-11(10)17-2)13-4-5-18(3,14)15/h6-7,13H,4-5,12H2,1-3H3. The van der Waals surface area contributed by atoms with Gasteiger partial charge in [-0.05, 0) is 0 Å². The van der Waals surface area contributed by atoms with Gasteiger partial charge in [-0.2, -0.15) is 0 Å². The second-order valence-corrected chi connectivity index (χ2v) is 6.11. The van der Waals surface area contributed by atoms with Crippen LogP contribution in [-0.2, 0) is 9.84 Å². The molecular formula is C11H18N2O4S. The average Bonchev–Trinajstić information content (AvgIpc) is 2.29. The van der Waals surface area contributed by atoms with Gasteiger partial charge in [0.2, 0.25) is 0 Å². The molecule has 0 unspecified atom stereocenters. The Morgan fingerprint density at radius 3 is 2.28 bits per heavy atom. The van der Waals surface area contributed by atoms with Gasteiger partial charge < -0.3 is 20.5 Å². The zero-order valence-electron chi connectivity index (χ0n) is 10.7. The van der Waals surface area contributed by atoms with Crippen LogP contribution in [0.5, 0.6) is 11.5 Å². The van der Waals surface area contributed by atoms with E-state index in [-0.39, 0.29) is 5.75 Å². The molecule has 0 saturated carbocycles. The van der Waals surface area contributed by atoms with Crippen LogP contribution in [0.15, 0.2) is 12.1 Å². The van der Waals surface area contributed by atoms with Gasteiger partial charge in [0.05, 0.1) is 31.3 Å². The van der Waals surface area contributed by atoms with Crippen molar-refractivity contribution in [1.82, 2.24) is 0 Å². The van der Waals surface area contributed by atoms with Crippen molar-refractivity contribution >= 4 is 21.2 Å². The molecule has 0 saturated heterocycles. The minimum absolute atomic E-state index is 0.0424. The lowest BCUT2D eigenvalue weighted by Crippen LogP contribution is -2.15. The van der Waals surface area contributed by atoms with Gasteiger partial charge in [0, 0.05) is 24.9 Å². The van der Waals surface area contributed by atoms with E-state index in [2.05, 4.69) is 5.32 Å². The van der Waals surface area contributed by atoms with Crippen LogP contribution in [0.4, 0.5) is 11.4 Å². The second kappa shape index (κ2) is 5.81. The van der Waals surface area contributed by atoms with E-state index >= 15 is 0 Å². The van der Waals surface area contributed by atoms with Gasteiger partial charge in [-0.15, -0.1) is 0 Å². The number of ether oxygens (including phenoxy) is 2. The largest absolute Gasteiger partial charge is 0.493 e. The van der Waals surface area contributed by atoms with E-state index < -0.39 is 9.84 Å². The Bertz CT molecular complexity index is 514. The molecule has 102 valence electrons. The summed E-state index contributed by atoms with van der Waals surface area (Å²) in [6.45, 7) is 0.290. The molecule has 1 rings (SSSR count). The quantitative estimate of drug-likeness (QED) is 0.744. The zero-order chi connectivity index (χ0) is 13.8. The van der Waals surface area contributed by atoms with Crippen LogP contribution in [-0.4, -0.2) is 41.2 Å². The first-order valence-electron chi connectivity index (χ1n) is 5.30. The lowest BCUT2D eigenvalue weighted by atomic mass is 10.2. The van der Waals surface area contributed by atoms with Gasteiger partial charge >= 0.3 is 0 Å². The molecule has 0 radical (unpaired) electrons. The van der Waals surface area contributed by atoms with Crippen molar-refractivity contribution in [3.8, 4) is 11.5 Å². The molecule has 0 aromatic heterocycles. The van der Waals surface area contributed by atoms with Crippen LogP contribution in [0, 0.1) is 0 Å². The van der Waals surface area contributed by atoms with Crippen molar-refractivity contribution in [3.05, 3.63) is 12.1 Å². The third-order valence-corrected chi connectivity index (χ3v) is 3.29. The predicted octanol–water partition coefficient (Wildman–Crippen LogP) is 0.743. The molecule has 6 nitrogen and oxygen atoms in total. The summed E-state index contributed by atoms with van der Waals surface area (Å²) in [6, 6.07) is 3.30. The molecule has 0 amide bonds. The van der Waals surface area contributed by atoms with Crippen LogP contribution in [0.3, 0.4) is 0 Å². The molecule has 18 heavy (non-hydrogen) atoms. The summed E-state index contributed by atoms with van der Waals surface area (Å²) in [4.78, 5) is 0. The van der Waals surface area contributed by atoms with Crippen molar-refractivity contribution in [3.63, 3.8) is 0 Å². The van der Waals surface area contributed by atoms with E-state index in [1.54, 1.807) is 12.1 Å². The molecule has 0 aliphatic rings. The molecule has 0 bridgehead atoms. The van der Waals surface area contributed by atoms with E-state index in [9.17, 15) is 8.42 Å². The Morgan fingerprint density at radius 1 is 1.22 bits per heavy atom.